The van der Waals surface area contributed by atoms with E-state index in [0.29, 0.717) is 34.7 Å². The van der Waals surface area contributed by atoms with Crippen LogP contribution in [0.2, 0.25) is 0 Å². The van der Waals surface area contributed by atoms with E-state index in [1.54, 1.807) is 4.57 Å². The van der Waals surface area contributed by atoms with Crippen molar-refractivity contribution in [2.75, 3.05) is 26.7 Å². The highest BCUT2D eigenvalue weighted by atomic mass is 19.1. The second-order valence-electron chi connectivity index (χ2n) is 11.1. The SMILES string of the molecule is C[NH+]=C(O)c1cc2[nH]c(=O)n(C3CCN(CC(=O)C4CCC(C(C)(C)C)CC4)CC3)c2cc1F. The number of nitrogens with zero attached hydrogens (tertiary/aromatic N) is 2. The van der Waals surface area contributed by atoms with Crippen LogP contribution in [0.4, 0.5) is 4.39 Å². The fourth-order valence-electron chi connectivity index (χ4n) is 5.79. The molecule has 34 heavy (non-hydrogen) atoms. The summed E-state index contributed by atoms with van der Waals surface area (Å²) in [6.45, 7) is 8.84. The molecular formula is C26H38FN4O3+. The van der Waals surface area contributed by atoms with Crippen molar-refractivity contribution in [1.29, 1.82) is 0 Å². The smallest absolute Gasteiger partial charge is 0.368 e. The number of benzene rings is 1. The lowest BCUT2D eigenvalue weighted by molar-refractivity contribution is -0.429. The molecule has 8 heteroatoms. The topological polar surface area (TPSA) is 92.3 Å². The summed E-state index contributed by atoms with van der Waals surface area (Å²) < 4.78 is 16.2. The Labute approximate surface area is 200 Å². The predicted molar refractivity (Wildman–Crippen MR) is 131 cm³/mol. The molecule has 0 bridgehead atoms. The van der Waals surface area contributed by atoms with E-state index in [2.05, 4.69) is 35.6 Å². The molecule has 1 saturated heterocycles. The molecule has 186 valence electrons. The van der Waals surface area contributed by atoms with Crippen LogP contribution >= 0.6 is 0 Å². The van der Waals surface area contributed by atoms with Crippen molar-refractivity contribution in [3.8, 4) is 0 Å². The van der Waals surface area contributed by atoms with Crippen molar-refractivity contribution in [1.82, 2.24) is 14.5 Å². The van der Waals surface area contributed by atoms with Gasteiger partial charge in [-0.2, -0.15) is 0 Å². The number of Topliss-reactive ketones (excluding diaryl/α,β-unsaturated/α-hetero) is 1. The number of aliphatic hydroxyl groups excluding tert-OH is 1. The number of ketones is 1. The number of imidazole rings is 1. The number of hydrogen-bond donors (Lipinski definition) is 3. The van der Waals surface area contributed by atoms with Crippen LogP contribution in [0.25, 0.3) is 11.0 Å². The van der Waals surface area contributed by atoms with Crippen LogP contribution < -0.4 is 10.7 Å². The number of fused-ring (bicyclic) bond motifs is 1. The van der Waals surface area contributed by atoms with Crippen molar-refractivity contribution >= 4 is 22.7 Å². The highest BCUT2D eigenvalue weighted by Crippen LogP contribution is 2.40. The molecule has 2 fully saturated rings. The van der Waals surface area contributed by atoms with Gasteiger partial charge in [0.2, 0.25) is 0 Å². The second kappa shape index (κ2) is 9.64. The van der Waals surface area contributed by atoms with Gasteiger partial charge in [-0.05, 0) is 55.9 Å². The fourth-order valence-corrected chi connectivity index (χ4v) is 5.79. The summed E-state index contributed by atoms with van der Waals surface area (Å²) in [5.74, 6) is 0.359. The van der Waals surface area contributed by atoms with E-state index in [-0.39, 0.29) is 29.1 Å². The van der Waals surface area contributed by atoms with Crippen LogP contribution in [0.5, 0.6) is 0 Å². The zero-order chi connectivity index (χ0) is 24.6. The number of carbonyl (C=O) groups is 1. The zero-order valence-electron chi connectivity index (χ0n) is 20.8. The molecule has 0 radical (unpaired) electrons. The summed E-state index contributed by atoms with van der Waals surface area (Å²) in [6.07, 6.45) is 5.72. The summed E-state index contributed by atoms with van der Waals surface area (Å²) in [7, 11) is 1.50. The minimum Gasteiger partial charge on any atom is -0.460 e. The molecule has 2 heterocycles. The van der Waals surface area contributed by atoms with Crippen molar-refractivity contribution in [2.24, 2.45) is 17.3 Å². The van der Waals surface area contributed by atoms with Gasteiger partial charge < -0.3 is 10.1 Å². The Morgan fingerprint density at radius 1 is 1.15 bits per heavy atom. The van der Waals surface area contributed by atoms with Gasteiger partial charge in [-0.3, -0.25) is 14.3 Å². The minimum atomic E-state index is -0.587. The Hall–Kier alpha value is -2.48. The molecule has 1 aliphatic heterocycles. The number of nitrogens with one attached hydrogen (secondary N) is 2. The largest absolute Gasteiger partial charge is 0.460 e. The monoisotopic (exact) mass is 473 g/mol. The minimum absolute atomic E-state index is 0.0215. The third kappa shape index (κ3) is 4.97. The molecule has 1 aromatic carbocycles. The first kappa shape index (κ1) is 24.6. The van der Waals surface area contributed by atoms with E-state index in [1.165, 1.54) is 19.2 Å². The molecule has 1 aliphatic carbocycles. The number of aromatic amines is 1. The average Bonchev–Trinajstić information content (AvgIpc) is 3.12. The highest BCUT2D eigenvalue weighted by Gasteiger charge is 2.33. The maximum Gasteiger partial charge on any atom is 0.368 e. The summed E-state index contributed by atoms with van der Waals surface area (Å²) in [4.78, 5) is 33.2. The van der Waals surface area contributed by atoms with Crippen molar-refractivity contribution in [3.63, 3.8) is 0 Å². The van der Waals surface area contributed by atoms with Gasteiger partial charge in [0.1, 0.15) is 24.2 Å². The molecule has 0 amide bonds. The average molecular weight is 474 g/mol. The van der Waals surface area contributed by atoms with Crippen LogP contribution in [0.15, 0.2) is 16.9 Å². The molecular weight excluding hydrogens is 435 g/mol. The van der Waals surface area contributed by atoms with E-state index in [4.69, 9.17) is 0 Å². The van der Waals surface area contributed by atoms with Gasteiger partial charge >= 0.3 is 11.6 Å². The summed E-state index contributed by atoms with van der Waals surface area (Å²) in [5.41, 5.74) is 1.05. The number of piperidine rings is 1. The molecule has 2 aliphatic rings. The first-order valence-electron chi connectivity index (χ1n) is 12.5. The highest BCUT2D eigenvalue weighted by molar-refractivity contribution is 5.92. The second-order valence-corrected chi connectivity index (χ2v) is 11.1. The summed E-state index contributed by atoms with van der Waals surface area (Å²) >= 11 is 0. The van der Waals surface area contributed by atoms with Gasteiger partial charge in [0.05, 0.1) is 17.6 Å². The number of rotatable bonds is 5. The van der Waals surface area contributed by atoms with Crippen LogP contribution in [0, 0.1) is 23.1 Å². The maximum atomic E-state index is 14.6. The number of likely N-dealkylation sites (tertiary alicyclic amines) is 1. The Kier molecular flexibility index (Phi) is 6.99. The van der Waals surface area contributed by atoms with Crippen molar-refractivity contribution < 1.29 is 19.3 Å². The molecule has 7 nitrogen and oxygen atoms in total. The number of halogens is 1. The van der Waals surface area contributed by atoms with Crippen molar-refractivity contribution in [2.45, 2.75) is 65.3 Å². The third-order valence-electron chi connectivity index (χ3n) is 8.01. The van der Waals surface area contributed by atoms with Crippen LogP contribution in [0.1, 0.15) is 70.9 Å². The lowest BCUT2D eigenvalue weighted by atomic mass is 9.69. The van der Waals surface area contributed by atoms with Crippen LogP contribution in [-0.2, 0) is 4.79 Å². The van der Waals surface area contributed by atoms with E-state index in [0.717, 1.165) is 51.6 Å². The number of H-pyrrole nitrogens is 1. The lowest BCUT2D eigenvalue weighted by Gasteiger charge is -2.37. The first-order chi connectivity index (χ1) is 16.1. The van der Waals surface area contributed by atoms with Gasteiger partial charge in [0.25, 0.3) is 0 Å². The molecule has 1 saturated carbocycles. The Bertz CT molecular complexity index is 1130. The van der Waals surface area contributed by atoms with E-state index in [1.807, 2.05) is 0 Å². The van der Waals surface area contributed by atoms with E-state index in [9.17, 15) is 19.1 Å². The molecule has 3 N–H and O–H groups in total. The van der Waals surface area contributed by atoms with E-state index >= 15 is 0 Å². The van der Waals surface area contributed by atoms with Crippen molar-refractivity contribution in [3.05, 3.63) is 34.0 Å². The molecule has 0 spiro atoms. The van der Waals surface area contributed by atoms with Gasteiger partial charge in [-0.25, -0.2) is 14.2 Å². The lowest BCUT2D eigenvalue weighted by Crippen LogP contribution is -2.68. The third-order valence-corrected chi connectivity index (χ3v) is 8.01. The Morgan fingerprint density at radius 3 is 2.38 bits per heavy atom. The predicted octanol–water partition coefficient (Wildman–Crippen LogP) is 2.54. The summed E-state index contributed by atoms with van der Waals surface area (Å²) in [5, 5.41) is 9.87. The normalized spacial score (nSPS) is 23.5. The maximum absolute atomic E-state index is 14.6. The van der Waals surface area contributed by atoms with Gasteiger partial charge in [-0.15, -0.1) is 0 Å². The Balaban J connectivity index is 1.38. The van der Waals surface area contributed by atoms with Gasteiger partial charge in [-0.1, -0.05) is 20.8 Å². The van der Waals surface area contributed by atoms with Gasteiger partial charge in [0.15, 0.2) is 0 Å². The quantitative estimate of drug-likeness (QED) is 0.460. The molecule has 2 aromatic rings. The molecule has 0 atom stereocenters. The van der Waals surface area contributed by atoms with Crippen LogP contribution in [0.3, 0.4) is 0 Å². The summed E-state index contributed by atoms with van der Waals surface area (Å²) in [6, 6.07) is 2.71. The molecule has 1 aromatic heterocycles. The number of carbonyl (C=O) groups excluding carboxylic acids is 1. The molecule has 0 unspecified atom stereocenters. The van der Waals surface area contributed by atoms with Crippen LogP contribution in [-0.4, -0.2) is 57.9 Å². The molecule has 4 rings (SSSR count). The number of aliphatic hydroxyl groups is 1. The first-order valence-corrected chi connectivity index (χ1v) is 12.5. The Morgan fingerprint density at radius 2 is 1.79 bits per heavy atom. The fraction of sp³-hybridized carbons (Fsp3) is 0.654. The standard InChI is InChI=1S/C26H37FN4O3/c1-26(2,3)17-7-5-16(6-8-17)23(32)15-30-11-9-18(10-12-30)31-22-14-20(27)19(24(33)28-4)13-21(22)29-25(31)34/h13-14,16-18H,5-12,15H2,1-4H3,(H,28,33)(H,29,34)/p+1. The van der Waals surface area contributed by atoms with Gasteiger partial charge in [0, 0.05) is 31.1 Å². The zero-order valence-corrected chi connectivity index (χ0v) is 20.8. The number of aromatic nitrogens is 2. The van der Waals surface area contributed by atoms with E-state index < -0.39 is 5.82 Å². The number of hydrogen-bond acceptors (Lipinski definition) is 3.